The van der Waals surface area contributed by atoms with Crippen LogP contribution in [0.25, 0.3) is 0 Å². The predicted molar refractivity (Wildman–Crippen MR) is 66.6 cm³/mol. The second kappa shape index (κ2) is 6.58. The van der Waals surface area contributed by atoms with Gasteiger partial charge in [0.1, 0.15) is 5.75 Å². The highest BCUT2D eigenvalue weighted by Crippen LogP contribution is 2.17. The summed E-state index contributed by atoms with van der Waals surface area (Å²) in [6.45, 7) is 3.95. The molecule has 0 saturated heterocycles. The third kappa shape index (κ3) is 4.04. The summed E-state index contributed by atoms with van der Waals surface area (Å²) in [6, 6.07) is 5.45. The van der Waals surface area contributed by atoms with Crippen molar-refractivity contribution in [2.45, 2.75) is 32.7 Å². The molecule has 98 valence electrons. The lowest BCUT2D eigenvalue weighted by molar-refractivity contribution is -0.384. The van der Waals surface area contributed by atoms with Gasteiger partial charge in [0, 0.05) is 18.2 Å². The summed E-state index contributed by atoms with van der Waals surface area (Å²) in [7, 11) is 0. The standard InChI is InChI=1S/C12H16N2O4/c1-3-9(4-2)13-12(15)18-11-7-5-10(6-8-11)14(16)17/h5-9H,3-4H2,1-2H3,(H,13,15). The van der Waals surface area contributed by atoms with E-state index < -0.39 is 11.0 Å². The molecule has 0 spiro atoms. The Balaban J connectivity index is 2.56. The Hall–Kier alpha value is -2.11. The largest absolute Gasteiger partial charge is 0.412 e. The zero-order valence-corrected chi connectivity index (χ0v) is 10.4. The number of carbonyl (C=O) groups excluding carboxylic acids is 1. The molecule has 0 aromatic heterocycles. The van der Waals surface area contributed by atoms with Gasteiger partial charge in [0.15, 0.2) is 0 Å². The number of non-ortho nitro benzene ring substituents is 1. The first kappa shape index (κ1) is 14.0. The number of benzene rings is 1. The fraction of sp³-hybridized carbons (Fsp3) is 0.417. The van der Waals surface area contributed by atoms with Gasteiger partial charge in [-0.25, -0.2) is 4.79 Å². The number of nitro groups is 1. The SMILES string of the molecule is CCC(CC)NC(=O)Oc1ccc([N+](=O)[O-])cc1. The molecular weight excluding hydrogens is 236 g/mol. The molecule has 1 amide bonds. The van der Waals surface area contributed by atoms with Crippen LogP contribution in [0.5, 0.6) is 5.75 Å². The number of rotatable bonds is 5. The lowest BCUT2D eigenvalue weighted by Gasteiger charge is -2.14. The second-order valence-electron chi connectivity index (χ2n) is 3.80. The van der Waals surface area contributed by atoms with Crippen LogP contribution in [-0.2, 0) is 0 Å². The van der Waals surface area contributed by atoms with Crippen molar-refractivity contribution in [3.05, 3.63) is 34.4 Å². The summed E-state index contributed by atoms with van der Waals surface area (Å²) >= 11 is 0. The molecule has 1 N–H and O–H groups in total. The Labute approximate surface area is 105 Å². The molecule has 0 atom stereocenters. The summed E-state index contributed by atoms with van der Waals surface area (Å²) in [4.78, 5) is 21.4. The molecule has 1 aromatic rings. The van der Waals surface area contributed by atoms with Crippen LogP contribution in [0.2, 0.25) is 0 Å². The maximum atomic E-state index is 11.5. The third-order valence-electron chi connectivity index (χ3n) is 2.57. The van der Waals surface area contributed by atoms with E-state index in [1.807, 2.05) is 13.8 Å². The van der Waals surface area contributed by atoms with E-state index in [-0.39, 0.29) is 17.5 Å². The monoisotopic (exact) mass is 252 g/mol. The van der Waals surface area contributed by atoms with Crippen molar-refractivity contribution in [2.24, 2.45) is 0 Å². The number of nitrogens with one attached hydrogen (secondary N) is 1. The van der Waals surface area contributed by atoms with Gasteiger partial charge in [-0.05, 0) is 25.0 Å². The van der Waals surface area contributed by atoms with Crippen LogP contribution >= 0.6 is 0 Å². The van der Waals surface area contributed by atoms with E-state index in [0.29, 0.717) is 0 Å². The normalized spacial score (nSPS) is 10.2. The molecule has 18 heavy (non-hydrogen) atoms. The predicted octanol–water partition coefficient (Wildman–Crippen LogP) is 2.87. The van der Waals surface area contributed by atoms with Crippen LogP contribution in [-0.4, -0.2) is 17.1 Å². The Kier molecular flexibility index (Phi) is 5.10. The number of nitro benzene ring substituents is 1. The minimum absolute atomic E-state index is 0.0391. The zero-order valence-electron chi connectivity index (χ0n) is 10.4. The molecule has 0 aliphatic rings. The average molecular weight is 252 g/mol. The van der Waals surface area contributed by atoms with E-state index in [1.165, 1.54) is 24.3 Å². The summed E-state index contributed by atoms with van der Waals surface area (Å²) in [5, 5.41) is 13.2. The van der Waals surface area contributed by atoms with Gasteiger partial charge >= 0.3 is 6.09 Å². The first-order chi connectivity index (χ1) is 8.56. The molecule has 0 saturated carbocycles. The number of hydrogen-bond donors (Lipinski definition) is 1. The minimum Gasteiger partial charge on any atom is -0.410 e. The Morgan fingerprint density at radius 3 is 2.33 bits per heavy atom. The molecule has 0 unspecified atom stereocenters. The van der Waals surface area contributed by atoms with Gasteiger partial charge in [0.25, 0.3) is 5.69 Å². The van der Waals surface area contributed by atoms with E-state index in [1.54, 1.807) is 0 Å². The smallest absolute Gasteiger partial charge is 0.410 e. The number of ether oxygens (including phenoxy) is 1. The molecule has 6 heteroatoms. The molecule has 0 fully saturated rings. The maximum absolute atomic E-state index is 11.5. The van der Waals surface area contributed by atoms with Crippen molar-refractivity contribution in [2.75, 3.05) is 0 Å². The van der Waals surface area contributed by atoms with E-state index in [0.717, 1.165) is 12.8 Å². The first-order valence-electron chi connectivity index (χ1n) is 5.79. The van der Waals surface area contributed by atoms with Crippen molar-refractivity contribution in [1.29, 1.82) is 0 Å². The van der Waals surface area contributed by atoms with Crippen molar-refractivity contribution < 1.29 is 14.5 Å². The summed E-state index contributed by atoms with van der Waals surface area (Å²) < 4.78 is 5.01. The average Bonchev–Trinajstić information content (AvgIpc) is 2.36. The van der Waals surface area contributed by atoms with Crippen LogP contribution in [0.1, 0.15) is 26.7 Å². The van der Waals surface area contributed by atoms with Gasteiger partial charge in [0.2, 0.25) is 0 Å². The summed E-state index contributed by atoms with van der Waals surface area (Å²) in [5.74, 6) is 0.282. The molecule has 1 aromatic carbocycles. The topological polar surface area (TPSA) is 81.5 Å². The maximum Gasteiger partial charge on any atom is 0.412 e. The van der Waals surface area contributed by atoms with Gasteiger partial charge in [-0.2, -0.15) is 0 Å². The van der Waals surface area contributed by atoms with Crippen molar-refractivity contribution in [3.8, 4) is 5.75 Å². The first-order valence-corrected chi connectivity index (χ1v) is 5.79. The second-order valence-corrected chi connectivity index (χ2v) is 3.80. The molecule has 0 aliphatic carbocycles. The van der Waals surface area contributed by atoms with Gasteiger partial charge < -0.3 is 10.1 Å². The number of nitrogens with zero attached hydrogens (tertiary/aromatic N) is 1. The van der Waals surface area contributed by atoms with E-state index in [9.17, 15) is 14.9 Å². The lowest BCUT2D eigenvalue weighted by atomic mass is 10.2. The van der Waals surface area contributed by atoms with Crippen LogP contribution in [0.3, 0.4) is 0 Å². The molecule has 0 radical (unpaired) electrons. The molecule has 0 bridgehead atoms. The van der Waals surface area contributed by atoms with Gasteiger partial charge in [0.05, 0.1) is 4.92 Å². The number of carbonyl (C=O) groups is 1. The fourth-order valence-corrected chi connectivity index (χ4v) is 1.43. The van der Waals surface area contributed by atoms with Gasteiger partial charge in [-0.3, -0.25) is 10.1 Å². The highest BCUT2D eigenvalue weighted by atomic mass is 16.6. The zero-order chi connectivity index (χ0) is 13.5. The fourth-order valence-electron chi connectivity index (χ4n) is 1.43. The van der Waals surface area contributed by atoms with E-state index >= 15 is 0 Å². The summed E-state index contributed by atoms with van der Waals surface area (Å²) in [6.07, 6.45) is 1.11. The molecule has 0 heterocycles. The highest BCUT2D eigenvalue weighted by Gasteiger charge is 2.11. The third-order valence-corrected chi connectivity index (χ3v) is 2.57. The Bertz CT molecular complexity index is 413. The van der Waals surface area contributed by atoms with Gasteiger partial charge in [-0.15, -0.1) is 0 Å². The van der Waals surface area contributed by atoms with Crippen molar-refractivity contribution in [1.82, 2.24) is 5.32 Å². The molecular formula is C12H16N2O4. The quantitative estimate of drug-likeness (QED) is 0.645. The van der Waals surface area contributed by atoms with E-state index in [2.05, 4.69) is 5.32 Å². The molecule has 6 nitrogen and oxygen atoms in total. The highest BCUT2D eigenvalue weighted by molar-refractivity contribution is 5.70. The van der Waals surface area contributed by atoms with Crippen LogP contribution in [0.15, 0.2) is 24.3 Å². The van der Waals surface area contributed by atoms with Crippen LogP contribution < -0.4 is 10.1 Å². The van der Waals surface area contributed by atoms with Crippen molar-refractivity contribution in [3.63, 3.8) is 0 Å². The van der Waals surface area contributed by atoms with Gasteiger partial charge in [-0.1, -0.05) is 13.8 Å². The Morgan fingerprint density at radius 2 is 1.89 bits per heavy atom. The summed E-state index contributed by atoms with van der Waals surface area (Å²) in [5.41, 5.74) is -0.0391. The van der Waals surface area contributed by atoms with E-state index in [4.69, 9.17) is 4.74 Å². The minimum atomic E-state index is -0.544. The molecule has 1 rings (SSSR count). The number of amides is 1. The lowest BCUT2D eigenvalue weighted by Crippen LogP contribution is -2.35. The molecule has 0 aliphatic heterocycles. The van der Waals surface area contributed by atoms with Crippen LogP contribution in [0.4, 0.5) is 10.5 Å². The Morgan fingerprint density at radius 1 is 1.33 bits per heavy atom. The number of hydrogen-bond acceptors (Lipinski definition) is 4. The van der Waals surface area contributed by atoms with Crippen molar-refractivity contribution >= 4 is 11.8 Å². The van der Waals surface area contributed by atoms with Crippen LogP contribution in [0, 0.1) is 10.1 Å².